The number of methoxy groups -OCH3 is 1. The number of thiocarbonyl (C=S) groups is 1. The van der Waals surface area contributed by atoms with E-state index in [9.17, 15) is 24.3 Å². The number of anilines is 1. The highest BCUT2D eigenvalue weighted by Crippen LogP contribution is 2.35. The van der Waals surface area contributed by atoms with Gasteiger partial charge in [0, 0.05) is 0 Å². The van der Waals surface area contributed by atoms with Crippen molar-refractivity contribution in [2.45, 2.75) is 0 Å². The maximum atomic E-state index is 13.2. The van der Waals surface area contributed by atoms with E-state index in [1.165, 1.54) is 43.5 Å². The molecule has 1 heterocycles. The molecule has 1 saturated heterocycles. The van der Waals surface area contributed by atoms with E-state index >= 15 is 0 Å². The number of carboxylic acids is 2. The monoisotopic (exact) mass is 582 g/mol. The van der Waals surface area contributed by atoms with Crippen molar-refractivity contribution in [2.75, 3.05) is 18.6 Å². The largest absolute Gasteiger partial charge is 0.493 e. The Morgan fingerprint density at radius 1 is 1.21 bits per heavy atom. The van der Waals surface area contributed by atoms with Crippen LogP contribution in [0.5, 0.6) is 11.5 Å². The zero-order valence-corrected chi connectivity index (χ0v) is 19.8. The normalized spacial score (nSPS) is 14.8. The van der Waals surface area contributed by atoms with Gasteiger partial charge in [-0.2, -0.15) is 0 Å². The molecule has 0 radical (unpaired) electrons. The van der Waals surface area contributed by atoms with Gasteiger partial charge >= 0.3 is 11.9 Å². The maximum Gasteiger partial charge on any atom is 0.341 e. The summed E-state index contributed by atoms with van der Waals surface area (Å²) in [6.07, 6.45) is 1.32. The first-order valence-corrected chi connectivity index (χ1v) is 10.6. The Labute approximate surface area is 205 Å². The molecule has 3 rings (SSSR count). The number of aliphatic carboxylic acids is 1. The van der Waals surface area contributed by atoms with Crippen LogP contribution in [0.2, 0.25) is 0 Å². The molecule has 10 nitrogen and oxygen atoms in total. The highest BCUT2D eigenvalue weighted by atomic mass is 127. The number of hydrogen-bond donors (Lipinski definition) is 3. The Morgan fingerprint density at radius 2 is 1.94 bits per heavy atom. The molecule has 1 aliphatic rings. The smallest absolute Gasteiger partial charge is 0.341 e. The van der Waals surface area contributed by atoms with Crippen molar-refractivity contribution >= 4 is 75.4 Å². The lowest BCUT2D eigenvalue weighted by Crippen LogP contribution is -2.54. The lowest BCUT2D eigenvalue weighted by atomic mass is 10.1. The van der Waals surface area contributed by atoms with Gasteiger partial charge in [0.1, 0.15) is 5.57 Å². The van der Waals surface area contributed by atoms with Crippen LogP contribution < -0.4 is 19.7 Å². The molecule has 1 aliphatic heterocycles. The quantitative estimate of drug-likeness (QED) is 0.194. The number of nitrogens with one attached hydrogen (secondary N) is 1. The van der Waals surface area contributed by atoms with E-state index < -0.39 is 30.4 Å². The highest BCUT2D eigenvalue weighted by Gasteiger charge is 2.34. The van der Waals surface area contributed by atoms with Crippen LogP contribution in [0.4, 0.5) is 5.69 Å². The number of ether oxygens (including phenoxy) is 2. The molecule has 2 aromatic rings. The number of benzene rings is 2. The number of aromatic carboxylic acids is 1. The minimum atomic E-state index is -1.18. The fourth-order valence-corrected chi connectivity index (χ4v) is 4.00. The van der Waals surface area contributed by atoms with Crippen molar-refractivity contribution in [3.05, 3.63) is 56.7 Å². The van der Waals surface area contributed by atoms with Gasteiger partial charge in [-0.25, -0.2) is 9.59 Å². The van der Waals surface area contributed by atoms with Gasteiger partial charge in [0.05, 0.1) is 21.9 Å². The van der Waals surface area contributed by atoms with E-state index in [0.717, 1.165) is 4.90 Å². The van der Waals surface area contributed by atoms with E-state index in [1.807, 2.05) is 22.6 Å². The van der Waals surface area contributed by atoms with E-state index in [2.05, 4.69) is 5.32 Å². The van der Waals surface area contributed by atoms with E-state index in [1.54, 1.807) is 6.07 Å². The summed E-state index contributed by atoms with van der Waals surface area (Å²) >= 11 is 7.04. The molecule has 3 N–H and O–H groups in total. The summed E-state index contributed by atoms with van der Waals surface area (Å²) in [6, 6.07) is 8.64. The van der Waals surface area contributed by atoms with Crippen LogP contribution >= 0.6 is 34.8 Å². The van der Waals surface area contributed by atoms with Gasteiger partial charge in [-0.05, 0) is 76.8 Å². The van der Waals surface area contributed by atoms with E-state index in [4.69, 9.17) is 26.8 Å². The molecule has 2 aromatic carbocycles. The summed E-state index contributed by atoms with van der Waals surface area (Å²) in [5, 5.41) is 20.3. The summed E-state index contributed by atoms with van der Waals surface area (Å²) in [5.41, 5.74) is 0.285. The van der Waals surface area contributed by atoms with Crippen LogP contribution in [0.25, 0.3) is 6.08 Å². The summed E-state index contributed by atoms with van der Waals surface area (Å²) in [5.74, 6) is -3.40. The van der Waals surface area contributed by atoms with Crippen LogP contribution in [0, 0.1) is 3.57 Å². The van der Waals surface area contributed by atoms with Gasteiger partial charge in [0.25, 0.3) is 11.8 Å². The molecule has 0 saturated carbocycles. The molecule has 0 aromatic heterocycles. The van der Waals surface area contributed by atoms with Gasteiger partial charge in [0.2, 0.25) is 0 Å². The lowest BCUT2D eigenvalue weighted by Gasteiger charge is -2.29. The number of carboxylic acid groups (broad SMARTS) is 2. The Balaban J connectivity index is 2.01. The maximum absolute atomic E-state index is 13.2. The second-order valence-electron chi connectivity index (χ2n) is 6.53. The third kappa shape index (κ3) is 5.28. The predicted octanol–water partition coefficient (Wildman–Crippen LogP) is 2.29. The van der Waals surface area contributed by atoms with Crippen molar-refractivity contribution in [1.29, 1.82) is 0 Å². The zero-order chi connectivity index (χ0) is 24.3. The first-order chi connectivity index (χ1) is 15.6. The molecule has 33 heavy (non-hydrogen) atoms. The number of rotatable bonds is 7. The standard InChI is InChI=1S/C21H15IN2O8S/c1-31-15-7-10(6-14(22)17(15)32-9-16(25)26)5-13-18(27)23-21(33)24(19(13)28)12-4-2-3-11(8-12)20(29)30/h2-8H,9H2,1H3,(H,25,26)(H,29,30)(H,23,27,33). The van der Waals surface area contributed by atoms with Gasteiger partial charge in [-0.1, -0.05) is 6.07 Å². The molecule has 1 fully saturated rings. The second kappa shape index (κ2) is 9.95. The van der Waals surface area contributed by atoms with E-state index in [0.29, 0.717) is 9.13 Å². The summed E-state index contributed by atoms with van der Waals surface area (Å²) in [4.78, 5) is 48.8. The number of carbonyl (C=O) groups is 4. The summed E-state index contributed by atoms with van der Waals surface area (Å²) in [7, 11) is 1.37. The Hall–Kier alpha value is -3.52. The van der Waals surface area contributed by atoms with Crippen LogP contribution in [0.15, 0.2) is 42.0 Å². The van der Waals surface area contributed by atoms with Gasteiger partial charge < -0.3 is 19.7 Å². The first kappa shape index (κ1) is 24.1. The molecule has 0 aliphatic carbocycles. The molecule has 0 atom stereocenters. The third-order valence-electron chi connectivity index (χ3n) is 4.36. The van der Waals surface area contributed by atoms with Crippen LogP contribution in [0.3, 0.4) is 0 Å². The van der Waals surface area contributed by atoms with E-state index in [-0.39, 0.29) is 33.4 Å². The number of nitrogens with zero attached hydrogens (tertiary/aromatic N) is 1. The molecule has 0 spiro atoms. The summed E-state index contributed by atoms with van der Waals surface area (Å²) < 4.78 is 11.0. The SMILES string of the molecule is COc1cc(C=C2C(=O)NC(=S)N(c3cccc(C(=O)O)c3)C2=O)cc(I)c1OCC(=O)O. The van der Waals surface area contributed by atoms with Crippen molar-refractivity contribution in [1.82, 2.24) is 5.32 Å². The van der Waals surface area contributed by atoms with Crippen molar-refractivity contribution < 1.29 is 38.9 Å². The molecule has 0 unspecified atom stereocenters. The average Bonchev–Trinajstić information content (AvgIpc) is 2.75. The Bertz CT molecular complexity index is 1230. The van der Waals surface area contributed by atoms with Gasteiger partial charge in [-0.15, -0.1) is 0 Å². The van der Waals surface area contributed by atoms with Crippen molar-refractivity contribution in [3.63, 3.8) is 0 Å². The third-order valence-corrected chi connectivity index (χ3v) is 5.44. The number of amides is 2. The predicted molar refractivity (Wildman–Crippen MR) is 128 cm³/mol. The molecule has 170 valence electrons. The lowest BCUT2D eigenvalue weighted by molar-refractivity contribution is -0.139. The van der Waals surface area contributed by atoms with Crippen LogP contribution in [-0.2, 0) is 14.4 Å². The molecule has 2 amide bonds. The zero-order valence-electron chi connectivity index (χ0n) is 16.8. The molecule has 0 bridgehead atoms. The van der Waals surface area contributed by atoms with Crippen LogP contribution in [-0.4, -0.2) is 52.8 Å². The first-order valence-electron chi connectivity index (χ1n) is 9.09. The van der Waals surface area contributed by atoms with Gasteiger partial charge in [0.15, 0.2) is 23.2 Å². The fraction of sp³-hybridized carbons (Fsp3) is 0.0952. The summed E-state index contributed by atoms with van der Waals surface area (Å²) in [6.45, 7) is -0.574. The topological polar surface area (TPSA) is 142 Å². The Kier molecular flexibility index (Phi) is 7.28. The molecular weight excluding hydrogens is 567 g/mol. The highest BCUT2D eigenvalue weighted by molar-refractivity contribution is 14.1. The minimum absolute atomic E-state index is 0.0539. The number of halogens is 1. The van der Waals surface area contributed by atoms with Crippen molar-refractivity contribution in [2.24, 2.45) is 0 Å². The van der Waals surface area contributed by atoms with Gasteiger partial charge in [-0.3, -0.25) is 19.8 Å². The minimum Gasteiger partial charge on any atom is -0.493 e. The average molecular weight is 582 g/mol. The second-order valence-corrected chi connectivity index (χ2v) is 8.08. The molecular formula is C21H15IN2O8S. The number of hydrogen-bond acceptors (Lipinski definition) is 7. The molecule has 12 heteroatoms. The number of carbonyl (C=O) groups excluding carboxylic acids is 2. The fourth-order valence-electron chi connectivity index (χ4n) is 2.93. The van der Waals surface area contributed by atoms with Crippen LogP contribution in [0.1, 0.15) is 15.9 Å². The van der Waals surface area contributed by atoms with Crippen molar-refractivity contribution in [3.8, 4) is 11.5 Å². The Morgan fingerprint density at radius 3 is 2.58 bits per heavy atom.